The van der Waals surface area contributed by atoms with Crippen LogP contribution in [0.25, 0.3) is 0 Å². The lowest BCUT2D eigenvalue weighted by atomic mass is 10.1. The van der Waals surface area contributed by atoms with Crippen LogP contribution >= 0.6 is 39.3 Å². The van der Waals surface area contributed by atoms with E-state index >= 15 is 0 Å². The third-order valence-corrected chi connectivity index (χ3v) is 5.28. The summed E-state index contributed by atoms with van der Waals surface area (Å²) < 4.78 is 14.1. The number of rotatable bonds is 5. The van der Waals surface area contributed by atoms with Gasteiger partial charge in [-0.2, -0.15) is 0 Å². The highest BCUT2D eigenvalue weighted by Gasteiger charge is 2.08. The van der Waals surface area contributed by atoms with Crippen LogP contribution in [-0.2, 0) is 6.42 Å². The van der Waals surface area contributed by atoms with Gasteiger partial charge in [0.25, 0.3) is 0 Å². The predicted octanol–water partition coefficient (Wildman–Crippen LogP) is 4.90. The first-order valence-electron chi connectivity index (χ1n) is 6.13. The van der Waals surface area contributed by atoms with Crippen molar-refractivity contribution in [3.8, 4) is 0 Å². The van der Waals surface area contributed by atoms with Crippen LogP contribution in [0.3, 0.4) is 0 Å². The summed E-state index contributed by atoms with van der Waals surface area (Å²) in [6, 6.07) is 12.8. The Morgan fingerprint density at radius 1 is 1.25 bits per heavy atom. The summed E-state index contributed by atoms with van der Waals surface area (Å²) in [5.41, 5.74) is 7.07. The molecule has 20 heavy (non-hydrogen) atoms. The van der Waals surface area contributed by atoms with Crippen molar-refractivity contribution < 1.29 is 4.39 Å². The molecule has 2 aromatic rings. The number of benzene rings is 2. The Morgan fingerprint density at radius 2 is 2.00 bits per heavy atom. The average Bonchev–Trinajstić information content (AvgIpc) is 2.42. The van der Waals surface area contributed by atoms with Gasteiger partial charge >= 0.3 is 0 Å². The summed E-state index contributed by atoms with van der Waals surface area (Å²) in [6.45, 7) is 0. The van der Waals surface area contributed by atoms with Gasteiger partial charge in [-0.15, -0.1) is 11.8 Å². The van der Waals surface area contributed by atoms with Gasteiger partial charge in [-0.3, -0.25) is 0 Å². The largest absolute Gasteiger partial charge is 0.327 e. The molecule has 0 aromatic heterocycles. The SMILES string of the molecule is NC(CSc1ccccc1Br)Cc1ccc(F)c(Cl)c1. The van der Waals surface area contributed by atoms with Crippen LogP contribution in [0, 0.1) is 5.82 Å². The third-order valence-electron chi connectivity index (χ3n) is 2.77. The first-order valence-corrected chi connectivity index (χ1v) is 8.29. The van der Waals surface area contributed by atoms with Gasteiger partial charge in [0, 0.05) is 21.2 Å². The Kier molecular flexibility index (Phi) is 5.90. The van der Waals surface area contributed by atoms with Crippen LogP contribution in [0.2, 0.25) is 5.02 Å². The van der Waals surface area contributed by atoms with Gasteiger partial charge in [-0.05, 0) is 52.2 Å². The molecule has 0 spiro atoms. The van der Waals surface area contributed by atoms with Gasteiger partial charge in [0.05, 0.1) is 5.02 Å². The number of nitrogens with two attached hydrogens (primary N) is 1. The minimum atomic E-state index is -0.397. The number of hydrogen-bond donors (Lipinski definition) is 1. The van der Waals surface area contributed by atoms with Crippen molar-refractivity contribution in [3.05, 3.63) is 63.3 Å². The van der Waals surface area contributed by atoms with E-state index in [2.05, 4.69) is 22.0 Å². The molecular formula is C15H14BrClFNS. The van der Waals surface area contributed by atoms with Gasteiger partial charge in [0.2, 0.25) is 0 Å². The molecule has 0 heterocycles. The Labute approximate surface area is 135 Å². The minimum Gasteiger partial charge on any atom is -0.327 e. The molecule has 0 amide bonds. The van der Waals surface area contributed by atoms with Crippen LogP contribution in [0.1, 0.15) is 5.56 Å². The van der Waals surface area contributed by atoms with Gasteiger partial charge in [-0.25, -0.2) is 4.39 Å². The molecule has 0 fully saturated rings. The van der Waals surface area contributed by atoms with Crippen LogP contribution in [0.15, 0.2) is 51.8 Å². The molecule has 0 aliphatic heterocycles. The van der Waals surface area contributed by atoms with E-state index < -0.39 is 5.82 Å². The fourth-order valence-corrected chi connectivity index (χ4v) is 3.51. The highest BCUT2D eigenvalue weighted by atomic mass is 79.9. The maximum Gasteiger partial charge on any atom is 0.141 e. The Morgan fingerprint density at radius 3 is 2.70 bits per heavy atom. The Bertz CT molecular complexity index is 594. The van der Waals surface area contributed by atoms with Crippen LogP contribution in [0.5, 0.6) is 0 Å². The van der Waals surface area contributed by atoms with Gasteiger partial charge in [-0.1, -0.05) is 29.8 Å². The molecular weight excluding hydrogens is 361 g/mol. The zero-order valence-corrected chi connectivity index (χ0v) is 13.8. The second-order valence-electron chi connectivity index (χ2n) is 4.45. The molecule has 5 heteroatoms. The molecule has 0 bridgehead atoms. The molecule has 2 aromatic carbocycles. The van der Waals surface area contributed by atoms with E-state index in [1.165, 1.54) is 11.0 Å². The molecule has 1 nitrogen and oxygen atoms in total. The lowest BCUT2D eigenvalue weighted by molar-refractivity contribution is 0.626. The second-order valence-corrected chi connectivity index (χ2v) is 6.78. The normalized spacial score (nSPS) is 12.4. The summed E-state index contributed by atoms with van der Waals surface area (Å²) >= 11 is 11.0. The topological polar surface area (TPSA) is 26.0 Å². The van der Waals surface area contributed by atoms with Crippen LogP contribution < -0.4 is 5.73 Å². The van der Waals surface area contributed by atoms with Crippen molar-refractivity contribution >= 4 is 39.3 Å². The quantitative estimate of drug-likeness (QED) is 0.753. The first kappa shape index (κ1) is 15.8. The first-order chi connectivity index (χ1) is 9.56. The smallest absolute Gasteiger partial charge is 0.141 e. The molecule has 0 aliphatic rings. The van der Waals surface area contributed by atoms with E-state index in [1.54, 1.807) is 23.9 Å². The number of thioether (sulfide) groups is 1. The molecule has 1 atom stereocenters. The van der Waals surface area contributed by atoms with E-state index in [1.807, 2.05) is 18.2 Å². The van der Waals surface area contributed by atoms with E-state index in [-0.39, 0.29) is 11.1 Å². The summed E-state index contributed by atoms with van der Waals surface area (Å²) in [7, 11) is 0. The van der Waals surface area contributed by atoms with E-state index in [0.29, 0.717) is 6.42 Å². The number of halogens is 3. The molecule has 0 saturated heterocycles. The molecule has 2 rings (SSSR count). The molecule has 0 radical (unpaired) electrons. The van der Waals surface area contributed by atoms with Gasteiger partial charge in [0.1, 0.15) is 5.82 Å². The zero-order valence-electron chi connectivity index (χ0n) is 10.7. The monoisotopic (exact) mass is 373 g/mol. The Balaban J connectivity index is 1.91. The maximum absolute atomic E-state index is 13.1. The zero-order chi connectivity index (χ0) is 14.5. The van der Waals surface area contributed by atoms with Crippen molar-refractivity contribution in [2.75, 3.05) is 5.75 Å². The average molecular weight is 375 g/mol. The van der Waals surface area contributed by atoms with Gasteiger partial charge < -0.3 is 5.73 Å². The van der Waals surface area contributed by atoms with Crippen molar-refractivity contribution in [1.29, 1.82) is 0 Å². The molecule has 106 valence electrons. The predicted molar refractivity (Wildman–Crippen MR) is 88.0 cm³/mol. The minimum absolute atomic E-state index is 0.00589. The second kappa shape index (κ2) is 7.46. The fourth-order valence-electron chi connectivity index (χ4n) is 1.79. The lowest BCUT2D eigenvalue weighted by Gasteiger charge is -2.12. The summed E-state index contributed by atoms with van der Waals surface area (Å²) in [5.74, 6) is 0.393. The Hall–Kier alpha value is -0.550. The van der Waals surface area contributed by atoms with E-state index in [4.69, 9.17) is 17.3 Å². The summed E-state index contributed by atoms with van der Waals surface area (Å²) in [5, 5.41) is 0.146. The molecule has 0 aliphatic carbocycles. The van der Waals surface area contributed by atoms with Crippen LogP contribution in [-0.4, -0.2) is 11.8 Å². The highest BCUT2D eigenvalue weighted by molar-refractivity contribution is 9.10. The molecule has 0 saturated carbocycles. The standard InChI is InChI=1S/C15H14BrClFNS/c16-12-3-1-2-4-15(12)20-9-11(19)7-10-5-6-14(18)13(17)8-10/h1-6,8,11H,7,9,19H2. The van der Waals surface area contributed by atoms with Crippen LogP contribution in [0.4, 0.5) is 4.39 Å². The van der Waals surface area contributed by atoms with Crippen molar-refractivity contribution in [2.45, 2.75) is 17.4 Å². The molecule has 2 N–H and O–H groups in total. The maximum atomic E-state index is 13.1. The van der Waals surface area contributed by atoms with Crippen molar-refractivity contribution in [1.82, 2.24) is 0 Å². The lowest BCUT2D eigenvalue weighted by Crippen LogP contribution is -2.25. The fraction of sp³-hybridized carbons (Fsp3) is 0.200. The third kappa shape index (κ3) is 4.48. The number of hydrogen-bond acceptors (Lipinski definition) is 2. The highest BCUT2D eigenvalue weighted by Crippen LogP contribution is 2.27. The summed E-state index contributed by atoms with van der Waals surface area (Å²) in [4.78, 5) is 1.17. The van der Waals surface area contributed by atoms with Crippen molar-refractivity contribution in [2.24, 2.45) is 5.73 Å². The van der Waals surface area contributed by atoms with E-state index in [9.17, 15) is 4.39 Å². The van der Waals surface area contributed by atoms with E-state index in [0.717, 1.165) is 15.8 Å². The molecule has 1 unspecified atom stereocenters. The van der Waals surface area contributed by atoms with Crippen molar-refractivity contribution in [3.63, 3.8) is 0 Å². The van der Waals surface area contributed by atoms with Gasteiger partial charge in [0.15, 0.2) is 0 Å². The summed E-state index contributed by atoms with van der Waals surface area (Å²) in [6.07, 6.45) is 0.678.